The molecule has 0 fully saturated rings. The van der Waals surface area contributed by atoms with Gasteiger partial charge < -0.3 is 30.0 Å². The highest BCUT2D eigenvalue weighted by molar-refractivity contribution is 6.03. The zero-order valence-electron chi connectivity index (χ0n) is 25.2. The molecule has 3 amide bonds. The maximum atomic E-state index is 12.9. The molecule has 0 bridgehead atoms. The predicted molar refractivity (Wildman–Crippen MR) is 156 cm³/mol. The highest BCUT2D eigenvalue weighted by Crippen LogP contribution is 2.18. The van der Waals surface area contributed by atoms with Gasteiger partial charge >= 0.3 is 12.1 Å². The molecule has 3 N–H and O–H groups in total. The van der Waals surface area contributed by atoms with Crippen molar-refractivity contribution >= 4 is 35.3 Å². The Morgan fingerprint density at radius 3 is 2.26 bits per heavy atom. The Bertz CT molecular complexity index is 1290. The minimum atomic E-state index is -0.894. The van der Waals surface area contributed by atoms with Gasteiger partial charge in [0, 0.05) is 25.3 Å². The highest BCUT2D eigenvalue weighted by Gasteiger charge is 2.26. The number of unbranched alkanes of at least 4 members (excludes halogenated alkanes) is 1. The number of nitrogens with zero attached hydrogens (tertiary/aromatic N) is 2. The third-order valence-electron chi connectivity index (χ3n) is 5.60. The highest BCUT2D eigenvalue weighted by atomic mass is 16.6. The van der Waals surface area contributed by atoms with Gasteiger partial charge in [0.25, 0.3) is 11.6 Å². The molecule has 0 aliphatic heterocycles. The van der Waals surface area contributed by atoms with Crippen LogP contribution in [0.15, 0.2) is 36.5 Å². The van der Waals surface area contributed by atoms with Crippen LogP contribution in [0, 0.1) is 10.1 Å². The largest absolute Gasteiger partial charge is 0.458 e. The number of ether oxygens (including phenoxy) is 2. The van der Waals surface area contributed by atoms with E-state index in [0.717, 1.165) is 0 Å². The van der Waals surface area contributed by atoms with E-state index in [1.807, 2.05) is 0 Å². The number of carbonyl (C=O) groups excluding carboxylic acids is 4. The standard InChI is InChI=1S/C29H41N5O8/c1-28(2,3)41-26(37)22(13-8-9-14-30-27(38)42-29(4,5)6)32-24(35)16-19-11-10-12-20(15-19)31-25(36)23-17-21(34(39)40)18-33(23)7/h10-12,15,17-18,22H,8-9,13-14,16H2,1-7H3,(H,30,38)(H,31,36)(H,32,35)/t22-/m0/s1. The van der Waals surface area contributed by atoms with Gasteiger partial charge in [-0.2, -0.15) is 0 Å². The van der Waals surface area contributed by atoms with E-state index in [1.54, 1.807) is 65.8 Å². The van der Waals surface area contributed by atoms with Gasteiger partial charge in [-0.1, -0.05) is 12.1 Å². The van der Waals surface area contributed by atoms with E-state index in [2.05, 4.69) is 16.0 Å². The van der Waals surface area contributed by atoms with Crippen molar-refractivity contribution in [2.24, 2.45) is 7.05 Å². The van der Waals surface area contributed by atoms with Crippen LogP contribution in [0.25, 0.3) is 0 Å². The molecule has 0 radical (unpaired) electrons. The van der Waals surface area contributed by atoms with E-state index < -0.39 is 46.0 Å². The van der Waals surface area contributed by atoms with Gasteiger partial charge in [-0.25, -0.2) is 9.59 Å². The molecule has 0 saturated carbocycles. The molecule has 0 spiro atoms. The Kier molecular flexibility index (Phi) is 11.6. The van der Waals surface area contributed by atoms with E-state index in [0.29, 0.717) is 37.1 Å². The number of anilines is 1. The predicted octanol–water partition coefficient (Wildman–Crippen LogP) is 4.25. The lowest BCUT2D eigenvalue weighted by Crippen LogP contribution is -2.44. The molecule has 13 heteroatoms. The quantitative estimate of drug-likeness (QED) is 0.143. The van der Waals surface area contributed by atoms with Crippen molar-refractivity contribution in [2.45, 2.75) is 84.5 Å². The third kappa shape index (κ3) is 12.0. The number of alkyl carbamates (subject to hydrolysis) is 1. The molecule has 0 aliphatic rings. The zero-order chi connectivity index (χ0) is 31.7. The molecule has 2 rings (SSSR count). The number of nitro groups is 1. The lowest BCUT2D eigenvalue weighted by Gasteiger charge is -2.25. The van der Waals surface area contributed by atoms with Crippen molar-refractivity contribution in [1.29, 1.82) is 0 Å². The summed E-state index contributed by atoms with van der Waals surface area (Å²) in [4.78, 5) is 60.7. The number of rotatable bonds is 12. The van der Waals surface area contributed by atoms with E-state index in [-0.39, 0.29) is 17.8 Å². The second-order valence-electron chi connectivity index (χ2n) is 11.9. The summed E-state index contributed by atoms with van der Waals surface area (Å²) in [7, 11) is 1.53. The van der Waals surface area contributed by atoms with Crippen molar-refractivity contribution in [3.63, 3.8) is 0 Å². The zero-order valence-corrected chi connectivity index (χ0v) is 25.2. The Balaban J connectivity index is 1.99. The summed E-state index contributed by atoms with van der Waals surface area (Å²) >= 11 is 0. The number of amides is 3. The normalized spacial score (nSPS) is 12.2. The molecule has 0 saturated heterocycles. The summed E-state index contributed by atoms with van der Waals surface area (Å²) in [5.41, 5.74) is -0.475. The van der Waals surface area contributed by atoms with Crippen LogP contribution in [-0.2, 0) is 32.5 Å². The average Bonchev–Trinajstić information content (AvgIpc) is 3.23. The maximum Gasteiger partial charge on any atom is 0.407 e. The third-order valence-corrected chi connectivity index (χ3v) is 5.60. The lowest BCUT2D eigenvalue weighted by atomic mass is 10.1. The molecular formula is C29H41N5O8. The van der Waals surface area contributed by atoms with Crippen LogP contribution < -0.4 is 16.0 Å². The Labute approximate surface area is 245 Å². The summed E-state index contributed by atoms with van der Waals surface area (Å²) in [5, 5.41) is 19.1. The number of aromatic nitrogens is 1. The Morgan fingerprint density at radius 1 is 1.00 bits per heavy atom. The molecular weight excluding hydrogens is 546 g/mol. The average molecular weight is 588 g/mol. The fourth-order valence-electron chi connectivity index (χ4n) is 3.86. The molecule has 13 nitrogen and oxygen atoms in total. The number of nitrogens with one attached hydrogen (secondary N) is 3. The van der Waals surface area contributed by atoms with Crippen LogP contribution in [0.4, 0.5) is 16.2 Å². The monoisotopic (exact) mass is 587 g/mol. The number of benzene rings is 1. The summed E-state index contributed by atoms with van der Waals surface area (Å²) in [5.74, 6) is -1.52. The molecule has 1 atom stereocenters. The molecule has 1 aromatic heterocycles. The molecule has 1 heterocycles. The summed E-state index contributed by atoms with van der Waals surface area (Å²) in [6.45, 7) is 10.9. The van der Waals surface area contributed by atoms with Crippen LogP contribution in [0.1, 0.15) is 76.9 Å². The van der Waals surface area contributed by atoms with Crippen molar-refractivity contribution in [3.05, 3.63) is 57.9 Å². The second kappa shape index (κ2) is 14.5. The number of carbonyl (C=O) groups is 4. The SMILES string of the molecule is Cn1cc([N+](=O)[O-])cc1C(=O)Nc1cccc(CC(=O)N[C@@H](CCCCNC(=O)OC(C)(C)C)C(=O)OC(C)(C)C)c1. The first kappa shape index (κ1) is 33.8. The number of hydrogen-bond donors (Lipinski definition) is 3. The lowest BCUT2D eigenvalue weighted by molar-refractivity contribution is -0.384. The van der Waals surface area contributed by atoms with Gasteiger partial charge in [0.05, 0.1) is 17.5 Å². The van der Waals surface area contributed by atoms with Gasteiger partial charge in [0.2, 0.25) is 5.91 Å². The van der Waals surface area contributed by atoms with Gasteiger partial charge in [-0.05, 0) is 78.5 Å². The maximum absolute atomic E-state index is 12.9. The van der Waals surface area contributed by atoms with Crippen LogP contribution in [0.3, 0.4) is 0 Å². The fourth-order valence-corrected chi connectivity index (χ4v) is 3.86. The Morgan fingerprint density at radius 2 is 1.67 bits per heavy atom. The summed E-state index contributed by atoms with van der Waals surface area (Å²) in [6, 6.07) is 6.89. The van der Waals surface area contributed by atoms with Crippen LogP contribution in [0.5, 0.6) is 0 Å². The molecule has 42 heavy (non-hydrogen) atoms. The van der Waals surface area contributed by atoms with Gasteiger partial charge in [-0.3, -0.25) is 19.7 Å². The number of aryl methyl sites for hydroxylation is 1. The van der Waals surface area contributed by atoms with Crippen LogP contribution in [-0.4, -0.2) is 57.2 Å². The van der Waals surface area contributed by atoms with Gasteiger partial charge in [0.15, 0.2) is 0 Å². The van der Waals surface area contributed by atoms with Crippen molar-refractivity contribution in [3.8, 4) is 0 Å². The first-order valence-electron chi connectivity index (χ1n) is 13.6. The minimum absolute atomic E-state index is 0.0706. The van der Waals surface area contributed by atoms with E-state index in [1.165, 1.54) is 23.9 Å². The first-order chi connectivity index (χ1) is 19.4. The molecule has 230 valence electrons. The van der Waals surface area contributed by atoms with E-state index in [9.17, 15) is 29.3 Å². The second-order valence-corrected chi connectivity index (χ2v) is 11.9. The topological polar surface area (TPSA) is 171 Å². The summed E-state index contributed by atoms with van der Waals surface area (Å²) < 4.78 is 12.1. The van der Waals surface area contributed by atoms with E-state index >= 15 is 0 Å². The van der Waals surface area contributed by atoms with Gasteiger partial charge in [-0.15, -0.1) is 0 Å². The van der Waals surface area contributed by atoms with Crippen molar-refractivity contribution in [1.82, 2.24) is 15.2 Å². The van der Waals surface area contributed by atoms with E-state index in [4.69, 9.17) is 9.47 Å². The van der Waals surface area contributed by atoms with Crippen molar-refractivity contribution < 1.29 is 33.6 Å². The Hall–Kier alpha value is -4.42. The minimum Gasteiger partial charge on any atom is -0.458 e. The fraction of sp³-hybridized carbons (Fsp3) is 0.517. The molecule has 2 aromatic rings. The first-order valence-corrected chi connectivity index (χ1v) is 13.6. The summed E-state index contributed by atoms with van der Waals surface area (Å²) in [6.07, 6.45) is 2.03. The van der Waals surface area contributed by atoms with Gasteiger partial charge in [0.1, 0.15) is 22.9 Å². The molecule has 0 aliphatic carbocycles. The van der Waals surface area contributed by atoms with Crippen molar-refractivity contribution in [2.75, 3.05) is 11.9 Å². The number of hydrogen-bond acceptors (Lipinski definition) is 8. The number of esters is 1. The van der Waals surface area contributed by atoms with Crippen LogP contribution in [0.2, 0.25) is 0 Å². The smallest absolute Gasteiger partial charge is 0.407 e. The molecule has 1 aromatic carbocycles. The van der Waals surface area contributed by atoms with Crippen LogP contribution >= 0.6 is 0 Å². The molecule has 0 unspecified atom stereocenters.